The van der Waals surface area contributed by atoms with Crippen LogP contribution < -0.4 is 5.46 Å². The molecule has 0 aliphatic heterocycles. The quantitative estimate of drug-likeness (QED) is 0.811. The Hall–Kier alpha value is -1.17. The number of benzene rings is 1. The van der Waals surface area contributed by atoms with Crippen molar-refractivity contribution in [2.24, 2.45) is 0 Å². The molecule has 16 heavy (non-hydrogen) atoms. The van der Waals surface area contributed by atoms with Crippen LogP contribution in [0, 0.1) is 0 Å². The second-order valence-corrected chi connectivity index (χ2v) is 4.28. The van der Waals surface area contributed by atoms with Crippen LogP contribution in [0.5, 0.6) is 0 Å². The van der Waals surface area contributed by atoms with Gasteiger partial charge in [0.2, 0.25) is 0 Å². The van der Waals surface area contributed by atoms with E-state index < -0.39 is 7.12 Å². The van der Waals surface area contributed by atoms with Crippen LogP contribution in [0.15, 0.2) is 47.1 Å². The average Bonchev–Trinajstić information content (AvgIpc) is 2.30. The molecule has 0 saturated heterocycles. The van der Waals surface area contributed by atoms with Gasteiger partial charge in [-0.15, -0.1) is 0 Å². The van der Waals surface area contributed by atoms with Crippen molar-refractivity contribution in [3.05, 3.63) is 47.1 Å². The summed E-state index contributed by atoms with van der Waals surface area (Å²) in [5.74, 6) is 0. The maximum Gasteiger partial charge on any atom is 0.488 e. The summed E-state index contributed by atoms with van der Waals surface area (Å²) in [6.45, 7) is 0. The molecule has 2 aromatic rings. The first-order valence-corrected chi connectivity index (χ1v) is 5.54. The van der Waals surface area contributed by atoms with Crippen molar-refractivity contribution in [2.45, 2.75) is 0 Å². The Balaban J connectivity index is 2.40. The summed E-state index contributed by atoms with van der Waals surface area (Å²) < 4.78 is 0.912. The van der Waals surface area contributed by atoms with Crippen LogP contribution in [0.4, 0.5) is 0 Å². The molecule has 0 saturated carbocycles. The third-order valence-electron chi connectivity index (χ3n) is 2.21. The van der Waals surface area contributed by atoms with E-state index in [1.165, 1.54) is 0 Å². The summed E-state index contributed by atoms with van der Waals surface area (Å²) in [6, 6.07) is 10.8. The first-order valence-electron chi connectivity index (χ1n) is 4.75. The zero-order valence-corrected chi connectivity index (χ0v) is 9.92. The fourth-order valence-corrected chi connectivity index (χ4v) is 1.64. The van der Waals surface area contributed by atoms with E-state index in [9.17, 15) is 0 Å². The highest BCUT2D eigenvalue weighted by atomic mass is 79.9. The molecule has 0 unspecified atom stereocenters. The molecule has 0 spiro atoms. The minimum absolute atomic E-state index is 0.460. The summed E-state index contributed by atoms with van der Waals surface area (Å²) in [5.41, 5.74) is 2.12. The SMILES string of the molecule is OB(O)c1cccc(-c2ccc(Br)cn2)c1. The molecule has 0 radical (unpaired) electrons. The molecule has 3 nitrogen and oxygen atoms in total. The zero-order valence-electron chi connectivity index (χ0n) is 8.34. The maximum atomic E-state index is 9.07. The van der Waals surface area contributed by atoms with E-state index in [0.717, 1.165) is 15.7 Å². The summed E-state index contributed by atoms with van der Waals surface area (Å²) in [7, 11) is -1.45. The van der Waals surface area contributed by atoms with Gasteiger partial charge in [0.1, 0.15) is 0 Å². The van der Waals surface area contributed by atoms with Crippen LogP contribution in [-0.2, 0) is 0 Å². The first kappa shape index (κ1) is 11.3. The Bertz CT molecular complexity index is 488. The van der Waals surface area contributed by atoms with Gasteiger partial charge in [-0.25, -0.2) is 0 Å². The van der Waals surface area contributed by atoms with E-state index >= 15 is 0 Å². The second kappa shape index (κ2) is 4.78. The van der Waals surface area contributed by atoms with Crippen LogP contribution in [0.25, 0.3) is 11.3 Å². The van der Waals surface area contributed by atoms with Crippen LogP contribution in [-0.4, -0.2) is 22.2 Å². The molecule has 0 aliphatic carbocycles. The number of aromatic nitrogens is 1. The van der Waals surface area contributed by atoms with Gasteiger partial charge >= 0.3 is 7.12 Å². The fraction of sp³-hybridized carbons (Fsp3) is 0. The first-order chi connectivity index (χ1) is 7.66. The Labute approximate surface area is 102 Å². The van der Waals surface area contributed by atoms with E-state index in [0.29, 0.717) is 5.46 Å². The third kappa shape index (κ3) is 2.50. The minimum Gasteiger partial charge on any atom is -0.423 e. The molecule has 0 bridgehead atoms. The highest BCUT2D eigenvalue weighted by molar-refractivity contribution is 9.10. The molecule has 1 heterocycles. The summed E-state index contributed by atoms with van der Waals surface area (Å²) in [6.07, 6.45) is 1.71. The lowest BCUT2D eigenvalue weighted by Crippen LogP contribution is -2.29. The summed E-state index contributed by atoms with van der Waals surface area (Å²) in [4.78, 5) is 4.24. The van der Waals surface area contributed by atoms with Gasteiger partial charge in [-0.05, 0) is 39.1 Å². The van der Waals surface area contributed by atoms with Gasteiger partial charge in [-0.2, -0.15) is 0 Å². The number of rotatable bonds is 2. The lowest BCUT2D eigenvalue weighted by atomic mass is 9.79. The summed E-state index contributed by atoms with van der Waals surface area (Å²) >= 11 is 3.31. The van der Waals surface area contributed by atoms with E-state index in [2.05, 4.69) is 20.9 Å². The van der Waals surface area contributed by atoms with Crippen molar-refractivity contribution in [1.82, 2.24) is 4.98 Å². The zero-order chi connectivity index (χ0) is 11.5. The number of hydrogen-bond donors (Lipinski definition) is 2. The fourth-order valence-electron chi connectivity index (χ4n) is 1.41. The van der Waals surface area contributed by atoms with Gasteiger partial charge in [0.25, 0.3) is 0 Å². The minimum atomic E-state index is -1.45. The Morgan fingerprint density at radius 1 is 1.12 bits per heavy atom. The third-order valence-corrected chi connectivity index (χ3v) is 2.68. The molecule has 0 fully saturated rings. The van der Waals surface area contributed by atoms with Crippen molar-refractivity contribution in [1.29, 1.82) is 0 Å². The lowest BCUT2D eigenvalue weighted by molar-refractivity contribution is 0.426. The number of pyridine rings is 1. The highest BCUT2D eigenvalue weighted by Gasteiger charge is 2.11. The van der Waals surface area contributed by atoms with E-state index in [-0.39, 0.29) is 0 Å². The van der Waals surface area contributed by atoms with Crippen molar-refractivity contribution in [2.75, 3.05) is 0 Å². The van der Waals surface area contributed by atoms with E-state index in [1.807, 2.05) is 18.2 Å². The predicted molar refractivity (Wildman–Crippen MR) is 67.2 cm³/mol. The van der Waals surface area contributed by atoms with Crippen LogP contribution >= 0.6 is 15.9 Å². The van der Waals surface area contributed by atoms with Crippen LogP contribution in [0.1, 0.15) is 0 Å². The largest absolute Gasteiger partial charge is 0.488 e. The van der Waals surface area contributed by atoms with Gasteiger partial charge in [0, 0.05) is 10.7 Å². The predicted octanol–water partition coefficient (Wildman–Crippen LogP) is 1.19. The lowest BCUT2D eigenvalue weighted by Gasteiger charge is -2.04. The molecule has 2 N–H and O–H groups in total. The van der Waals surface area contributed by atoms with Crippen molar-refractivity contribution in [3.63, 3.8) is 0 Å². The summed E-state index contributed by atoms with van der Waals surface area (Å²) in [5, 5.41) is 18.1. The Kier molecular flexibility index (Phi) is 3.38. The van der Waals surface area contributed by atoms with Crippen molar-refractivity contribution in [3.8, 4) is 11.3 Å². The smallest absolute Gasteiger partial charge is 0.423 e. The highest BCUT2D eigenvalue weighted by Crippen LogP contribution is 2.17. The normalized spacial score (nSPS) is 10.2. The number of halogens is 1. The molecule has 2 rings (SSSR count). The van der Waals surface area contributed by atoms with Gasteiger partial charge in [-0.1, -0.05) is 24.3 Å². The maximum absolute atomic E-state index is 9.07. The molecule has 0 amide bonds. The van der Waals surface area contributed by atoms with Crippen molar-refractivity contribution >= 4 is 28.5 Å². The molecular weight excluding hydrogens is 269 g/mol. The molecule has 1 aromatic heterocycles. The van der Waals surface area contributed by atoms with Crippen LogP contribution in [0.2, 0.25) is 0 Å². The Morgan fingerprint density at radius 3 is 2.56 bits per heavy atom. The number of nitrogens with zero attached hydrogens (tertiary/aromatic N) is 1. The Morgan fingerprint density at radius 2 is 1.94 bits per heavy atom. The van der Waals surface area contributed by atoms with E-state index in [4.69, 9.17) is 10.0 Å². The molecule has 0 aliphatic rings. The second-order valence-electron chi connectivity index (χ2n) is 3.36. The molecular formula is C11H9BBrNO2. The topological polar surface area (TPSA) is 53.4 Å². The molecule has 0 atom stereocenters. The standard InChI is InChI=1S/C11H9BBrNO2/c13-10-4-5-11(14-7-10)8-2-1-3-9(6-8)12(15)16/h1-7,15-16H. The van der Waals surface area contributed by atoms with Crippen molar-refractivity contribution < 1.29 is 10.0 Å². The van der Waals surface area contributed by atoms with Crippen LogP contribution in [0.3, 0.4) is 0 Å². The molecule has 80 valence electrons. The van der Waals surface area contributed by atoms with Gasteiger partial charge in [-0.3, -0.25) is 4.98 Å². The van der Waals surface area contributed by atoms with Gasteiger partial charge in [0.05, 0.1) is 5.69 Å². The molecule has 1 aromatic carbocycles. The van der Waals surface area contributed by atoms with Gasteiger partial charge < -0.3 is 10.0 Å². The molecule has 5 heteroatoms. The monoisotopic (exact) mass is 277 g/mol. The number of hydrogen-bond acceptors (Lipinski definition) is 3. The van der Waals surface area contributed by atoms with Gasteiger partial charge in [0.15, 0.2) is 0 Å². The van der Waals surface area contributed by atoms with E-state index in [1.54, 1.807) is 24.4 Å². The average molecular weight is 278 g/mol.